The van der Waals surface area contributed by atoms with E-state index in [9.17, 15) is 9.59 Å². The van der Waals surface area contributed by atoms with Crippen molar-refractivity contribution >= 4 is 23.6 Å². The molecule has 0 saturated heterocycles. The second-order valence-corrected chi connectivity index (χ2v) is 5.40. The van der Waals surface area contributed by atoms with Crippen LogP contribution in [0.2, 0.25) is 0 Å². The first-order chi connectivity index (χ1) is 9.45. The van der Waals surface area contributed by atoms with E-state index in [0.29, 0.717) is 11.8 Å². The molecule has 0 bridgehead atoms. The smallest absolute Gasteiger partial charge is 0.325 e. The van der Waals surface area contributed by atoms with E-state index in [2.05, 4.69) is 10.2 Å². The lowest BCUT2D eigenvalue weighted by atomic mass is 10.4. The van der Waals surface area contributed by atoms with Crippen LogP contribution in [0.1, 0.15) is 26.8 Å². The van der Waals surface area contributed by atoms with Crippen molar-refractivity contribution in [2.75, 3.05) is 26.0 Å². The third kappa shape index (κ3) is 4.84. The highest BCUT2D eigenvalue weighted by atomic mass is 32.2. The molecule has 1 aromatic rings. The quantitative estimate of drug-likeness (QED) is 0.551. The molecule has 1 heterocycles. The normalized spacial score (nSPS) is 10.7. The highest BCUT2D eigenvalue weighted by Crippen LogP contribution is 2.18. The minimum atomic E-state index is -0.404. The minimum absolute atomic E-state index is 0.0376. The number of carbonyl (C=O) groups excluding carboxylic acids is 2. The molecule has 0 unspecified atom stereocenters. The number of hydrogen-bond donors (Lipinski definition) is 0. The SMILES string of the molecule is CCOC(=O)CN(C)C(=O)CSc1nncn1C(C)C. The van der Waals surface area contributed by atoms with E-state index in [0.717, 1.165) is 0 Å². The Kier molecular flexibility index (Phi) is 6.50. The third-order valence-corrected chi connectivity index (χ3v) is 3.46. The molecule has 1 aromatic heterocycles. The maximum Gasteiger partial charge on any atom is 0.325 e. The number of likely N-dealkylation sites (N-methyl/N-ethyl adjacent to an activating group) is 1. The highest BCUT2D eigenvalue weighted by molar-refractivity contribution is 7.99. The second-order valence-electron chi connectivity index (χ2n) is 4.46. The van der Waals surface area contributed by atoms with Gasteiger partial charge in [-0.3, -0.25) is 9.59 Å². The summed E-state index contributed by atoms with van der Waals surface area (Å²) in [6.45, 7) is 6.04. The van der Waals surface area contributed by atoms with Crippen molar-refractivity contribution in [2.45, 2.75) is 32.0 Å². The average molecular weight is 300 g/mol. The Labute approximate surface area is 122 Å². The van der Waals surface area contributed by atoms with Crippen molar-refractivity contribution in [1.29, 1.82) is 0 Å². The zero-order chi connectivity index (χ0) is 15.1. The van der Waals surface area contributed by atoms with Crippen LogP contribution in [0, 0.1) is 0 Å². The predicted octanol–water partition coefficient (Wildman–Crippen LogP) is 0.973. The van der Waals surface area contributed by atoms with Gasteiger partial charge in [0.15, 0.2) is 5.16 Å². The number of amides is 1. The molecule has 0 aromatic carbocycles. The van der Waals surface area contributed by atoms with Gasteiger partial charge in [-0.15, -0.1) is 10.2 Å². The summed E-state index contributed by atoms with van der Waals surface area (Å²) in [5, 5.41) is 8.50. The molecular weight excluding hydrogens is 280 g/mol. The predicted molar refractivity (Wildman–Crippen MR) is 75.4 cm³/mol. The number of carbonyl (C=O) groups is 2. The molecule has 0 atom stereocenters. The minimum Gasteiger partial charge on any atom is -0.465 e. The van der Waals surface area contributed by atoms with Gasteiger partial charge >= 0.3 is 5.97 Å². The van der Waals surface area contributed by atoms with Gasteiger partial charge in [0.1, 0.15) is 12.9 Å². The van der Waals surface area contributed by atoms with Crippen LogP contribution in [0.25, 0.3) is 0 Å². The molecule has 1 amide bonds. The number of aromatic nitrogens is 3. The van der Waals surface area contributed by atoms with E-state index in [1.165, 1.54) is 16.7 Å². The van der Waals surface area contributed by atoms with Gasteiger partial charge in [-0.2, -0.15) is 0 Å². The van der Waals surface area contributed by atoms with Crippen molar-refractivity contribution in [3.05, 3.63) is 6.33 Å². The second kappa shape index (κ2) is 7.88. The van der Waals surface area contributed by atoms with Crippen LogP contribution in [0.4, 0.5) is 0 Å². The average Bonchev–Trinajstić information content (AvgIpc) is 2.84. The molecule has 20 heavy (non-hydrogen) atoms. The Morgan fingerprint density at radius 3 is 2.80 bits per heavy atom. The lowest BCUT2D eigenvalue weighted by molar-refractivity contribution is -0.147. The number of thioether (sulfide) groups is 1. The molecule has 1 rings (SSSR count). The topological polar surface area (TPSA) is 77.3 Å². The van der Waals surface area contributed by atoms with Crippen LogP contribution in [0.3, 0.4) is 0 Å². The van der Waals surface area contributed by atoms with Gasteiger partial charge in [-0.25, -0.2) is 0 Å². The largest absolute Gasteiger partial charge is 0.465 e. The van der Waals surface area contributed by atoms with Crippen LogP contribution in [0.15, 0.2) is 11.5 Å². The molecule has 112 valence electrons. The summed E-state index contributed by atoms with van der Waals surface area (Å²) in [7, 11) is 1.58. The molecular formula is C12H20N4O3S. The van der Waals surface area contributed by atoms with E-state index in [-0.39, 0.29) is 24.2 Å². The monoisotopic (exact) mass is 300 g/mol. The molecule has 8 heteroatoms. The first kappa shape index (κ1) is 16.5. The van der Waals surface area contributed by atoms with Crippen molar-refractivity contribution in [3.8, 4) is 0 Å². The highest BCUT2D eigenvalue weighted by Gasteiger charge is 2.16. The van der Waals surface area contributed by atoms with Gasteiger partial charge in [0, 0.05) is 13.1 Å². The van der Waals surface area contributed by atoms with Gasteiger partial charge in [0.05, 0.1) is 12.4 Å². The van der Waals surface area contributed by atoms with E-state index >= 15 is 0 Å². The van der Waals surface area contributed by atoms with Gasteiger partial charge in [-0.05, 0) is 20.8 Å². The molecule has 0 fully saturated rings. The van der Waals surface area contributed by atoms with Crippen LogP contribution < -0.4 is 0 Å². The lowest BCUT2D eigenvalue weighted by Gasteiger charge is -2.16. The summed E-state index contributed by atoms with van der Waals surface area (Å²) in [6.07, 6.45) is 1.64. The Morgan fingerprint density at radius 2 is 2.20 bits per heavy atom. The fourth-order valence-electron chi connectivity index (χ4n) is 1.41. The number of rotatable bonds is 7. The summed E-state index contributed by atoms with van der Waals surface area (Å²) in [5.41, 5.74) is 0. The van der Waals surface area contributed by atoms with E-state index in [1.807, 2.05) is 18.4 Å². The zero-order valence-electron chi connectivity index (χ0n) is 12.2. The molecule has 7 nitrogen and oxygen atoms in total. The van der Waals surface area contributed by atoms with Crippen LogP contribution in [-0.2, 0) is 14.3 Å². The van der Waals surface area contributed by atoms with Crippen molar-refractivity contribution in [1.82, 2.24) is 19.7 Å². The molecule has 0 aliphatic heterocycles. The van der Waals surface area contributed by atoms with Crippen LogP contribution in [-0.4, -0.2) is 57.5 Å². The molecule has 0 spiro atoms. The fraction of sp³-hybridized carbons (Fsp3) is 0.667. The zero-order valence-corrected chi connectivity index (χ0v) is 13.0. The van der Waals surface area contributed by atoms with Gasteiger partial charge in [0.2, 0.25) is 5.91 Å². The summed E-state index contributed by atoms with van der Waals surface area (Å²) >= 11 is 1.30. The summed E-state index contributed by atoms with van der Waals surface area (Å²) in [4.78, 5) is 24.5. The van der Waals surface area contributed by atoms with Crippen LogP contribution in [0.5, 0.6) is 0 Å². The molecule has 0 N–H and O–H groups in total. The number of ether oxygens (including phenoxy) is 1. The van der Waals surface area contributed by atoms with E-state index in [1.54, 1.807) is 20.3 Å². The lowest BCUT2D eigenvalue weighted by Crippen LogP contribution is -2.34. The van der Waals surface area contributed by atoms with E-state index in [4.69, 9.17) is 4.74 Å². The Bertz CT molecular complexity index is 461. The summed E-state index contributed by atoms with van der Waals surface area (Å²) in [6, 6.07) is 0.236. The van der Waals surface area contributed by atoms with Gasteiger partial charge < -0.3 is 14.2 Å². The Balaban J connectivity index is 2.46. The molecule has 0 radical (unpaired) electrons. The maximum atomic E-state index is 11.9. The number of nitrogens with zero attached hydrogens (tertiary/aromatic N) is 4. The fourth-order valence-corrected chi connectivity index (χ4v) is 2.40. The molecule has 0 aliphatic carbocycles. The third-order valence-electron chi connectivity index (χ3n) is 2.52. The number of hydrogen-bond acceptors (Lipinski definition) is 6. The maximum absolute atomic E-state index is 11.9. The van der Waals surface area contributed by atoms with Crippen molar-refractivity contribution in [2.24, 2.45) is 0 Å². The molecule has 0 saturated carbocycles. The number of esters is 1. The van der Waals surface area contributed by atoms with E-state index < -0.39 is 5.97 Å². The van der Waals surface area contributed by atoms with Gasteiger partial charge in [-0.1, -0.05) is 11.8 Å². The first-order valence-corrected chi connectivity index (χ1v) is 7.36. The van der Waals surface area contributed by atoms with Crippen molar-refractivity contribution in [3.63, 3.8) is 0 Å². The van der Waals surface area contributed by atoms with Crippen LogP contribution >= 0.6 is 11.8 Å². The summed E-state index contributed by atoms with van der Waals surface area (Å²) in [5.74, 6) is -0.346. The Hall–Kier alpha value is -1.57. The Morgan fingerprint density at radius 1 is 1.50 bits per heavy atom. The van der Waals surface area contributed by atoms with Crippen molar-refractivity contribution < 1.29 is 14.3 Å². The first-order valence-electron chi connectivity index (χ1n) is 6.37. The molecule has 0 aliphatic rings. The standard InChI is InChI=1S/C12H20N4O3S/c1-5-19-11(18)6-15(4)10(17)7-20-12-14-13-8-16(12)9(2)3/h8-9H,5-7H2,1-4H3. The van der Waals surface area contributed by atoms with Gasteiger partial charge in [0.25, 0.3) is 0 Å². The summed E-state index contributed by atoms with van der Waals surface area (Å²) < 4.78 is 6.69.